The van der Waals surface area contributed by atoms with Gasteiger partial charge in [-0.25, -0.2) is 0 Å². The number of hydrogen-bond donors (Lipinski definition) is 1. The van der Waals surface area contributed by atoms with E-state index in [0.717, 1.165) is 31.6 Å². The molecule has 0 aliphatic heterocycles. The van der Waals surface area contributed by atoms with Gasteiger partial charge in [0.25, 0.3) is 0 Å². The normalized spacial score (nSPS) is 13.2. The fourth-order valence-electron chi connectivity index (χ4n) is 1.82. The molecule has 17 heavy (non-hydrogen) atoms. The smallest absolute Gasteiger partial charge is 0.108 e. The third kappa shape index (κ3) is 5.55. The predicted octanol–water partition coefficient (Wildman–Crippen LogP) is 3.05. The van der Waals surface area contributed by atoms with E-state index >= 15 is 0 Å². The molecule has 0 radical (unpaired) electrons. The van der Waals surface area contributed by atoms with Crippen molar-refractivity contribution < 1.29 is 10.2 Å². The van der Waals surface area contributed by atoms with Crippen molar-refractivity contribution in [3.05, 3.63) is 47.0 Å². The Hall–Kier alpha value is -1.28. The van der Waals surface area contributed by atoms with E-state index in [1.807, 2.05) is 6.26 Å². The van der Waals surface area contributed by atoms with Crippen molar-refractivity contribution in [1.82, 2.24) is 0 Å². The van der Waals surface area contributed by atoms with Crippen molar-refractivity contribution in [3.63, 3.8) is 0 Å². The molecule has 0 aliphatic rings. The summed E-state index contributed by atoms with van der Waals surface area (Å²) >= 11 is 0. The van der Waals surface area contributed by atoms with Crippen molar-refractivity contribution in [2.45, 2.75) is 40.0 Å². The summed E-state index contributed by atoms with van der Waals surface area (Å²) in [5.41, 5.74) is 7.82. The molecule has 0 aliphatic carbocycles. The highest BCUT2D eigenvalue weighted by molar-refractivity contribution is 5.16. The quantitative estimate of drug-likeness (QED) is 0.755. The third-order valence-corrected chi connectivity index (χ3v) is 2.76. The van der Waals surface area contributed by atoms with Gasteiger partial charge in [-0.1, -0.05) is 17.2 Å². The van der Waals surface area contributed by atoms with Crippen LogP contribution in [0.5, 0.6) is 0 Å². The van der Waals surface area contributed by atoms with Gasteiger partial charge in [0.1, 0.15) is 5.76 Å². The minimum atomic E-state index is 0.889. The summed E-state index contributed by atoms with van der Waals surface area (Å²) in [6.45, 7) is 7.28. The molecular formula is C15H24NO+. The summed E-state index contributed by atoms with van der Waals surface area (Å²) in [5.74, 6) is 1.06. The van der Waals surface area contributed by atoms with E-state index in [1.54, 1.807) is 0 Å². The molecule has 1 aromatic heterocycles. The molecule has 0 fully saturated rings. The average Bonchev–Trinajstić information content (AvgIpc) is 2.64. The van der Waals surface area contributed by atoms with Gasteiger partial charge in [0.2, 0.25) is 0 Å². The second kappa shape index (κ2) is 7.13. The van der Waals surface area contributed by atoms with Gasteiger partial charge in [0.15, 0.2) is 0 Å². The zero-order valence-corrected chi connectivity index (χ0v) is 11.3. The maximum absolute atomic E-state index is 5.44. The van der Waals surface area contributed by atoms with Crippen LogP contribution in [0.3, 0.4) is 0 Å². The van der Waals surface area contributed by atoms with Gasteiger partial charge in [-0.3, -0.25) is 0 Å². The number of rotatable bonds is 6. The highest BCUT2D eigenvalue weighted by Crippen LogP contribution is 2.13. The molecular weight excluding hydrogens is 210 g/mol. The molecule has 0 unspecified atom stereocenters. The molecule has 0 spiro atoms. The van der Waals surface area contributed by atoms with Crippen LogP contribution < -0.4 is 5.73 Å². The summed E-state index contributed by atoms with van der Waals surface area (Å²) in [7, 11) is 0. The molecule has 0 bridgehead atoms. The molecule has 3 N–H and O–H groups in total. The molecule has 0 saturated carbocycles. The lowest BCUT2D eigenvalue weighted by Gasteiger charge is -2.00. The minimum absolute atomic E-state index is 0.889. The van der Waals surface area contributed by atoms with Gasteiger partial charge in [-0.15, -0.1) is 0 Å². The lowest BCUT2D eigenvalue weighted by atomic mass is 10.1. The molecule has 1 aromatic rings. The number of aryl methyl sites for hydroxylation is 1. The van der Waals surface area contributed by atoms with E-state index in [2.05, 4.69) is 44.7 Å². The van der Waals surface area contributed by atoms with Crippen LogP contribution in [0.4, 0.5) is 0 Å². The van der Waals surface area contributed by atoms with Crippen molar-refractivity contribution in [3.8, 4) is 0 Å². The second-order valence-corrected chi connectivity index (χ2v) is 4.70. The molecule has 1 rings (SSSR count). The van der Waals surface area contributed by atoms with E-state index in [9.17, 15) is 0 Å². The van der Waals surface area contributed by atoms with Crippen LogP contribution in [-0.2, 0) is 6.42 Å². The van der Waals surface area contributed by atoms with Crippen molar-refractivity contribution in [1.29, 1.82) is 0 Å². The first-order valence-corrected chi connectivity index (χ1v) is 6.26. The molecule has 2 heteroatoms. The Morgan fingerprint density at radius 3 is 2.65 bits per heavy atom. The maximum Gasteiger partial charge on any atom is 0.108 e. The standard InChI is InChI=1S/C15H23NO/c1-12(7-8-16)5-4-6-13(2)9-15-10-14(3)11-17-15/h6-7,10-11H,4-5,8-9,16H2,1-3H3/p+1/b12-7+,13-6+. The number of hydrogen-bond acceptors (Lipinski definition) is 1. The number of allylic oxidation sites excluding steroid dienone is 3. The fraction of sp³-hybridized carbons (Fsp3) is 0.467. The van der Waals surface area contributed by atoms with Crippen molar-refractivity contribution in [2.24, 2.45) is 0 Å². The first-order valence-electron chi connectivity index (χ1n) is 6.26. The van der Waals surface area contributed by atoms with Crippen LogP contribution in [0.25, 0.3) is 0 Å². The van der Waals surface area contributed by atoms with Gasteiger partial charge in [-0.05, 0) is 51.3 Å². The maximum atomic E-state index is 5.44. The first-order chi connectivity index (χ1) is 8.11. The second-order valence-electron chi connectivity index (χ2n) is 4.70. The Kier molecular flexibility index (Phi) is 5.78. The van der Waals surface area contributed by atoms with Crippen LogP contribution in [0, 0.1) is 6.92 Å². The van der Waals surface area contributed by atoms with Gasteiger partial charge < -0.3 is 10.2 Å². The van der Waals surface area contributed by atoms with E-state index < -0.39 is 0 Å². The summed E-state index contributed by atoms with van der Waals surface area (Å²) in [6, 6.07) is 2.10. The van der Waals surface area contributed by atoms with Gasteiger partial charge >= 0.3 is 0 Å². The van der Waals surface area contributed by atoms with Crippen LogP contribution in [-0.4, -0.2) is 6.54 Å². The molecule has 0 aromatic carbocycles. The highest BCUT2D eigenvalue weighted by atomic mass is 16.3. The average molecular weight is 234 g/mol. The SMILES string of the molecule is C/C(=C\C[NH3+])CC/C=C(\C)Cc1cc(C)co1. The Morgan fingerprint density at radius 2 is 2.06 bits per heavy atom. The van der Waals surface area contributed by atoms with Crippen LogP contribution in [0.15, 0.2) is 40.0 Å². The highest BCUT2D eigenvalue weighted by Gasteiger charge is 1.99. The largest absolute Gasteiger partial charge is 0.469 e. The lowest BCUT2D eigenvalue weighted by Crippen LogP contribution is -2.49. The Balaban J connectivity index is 2.37. The van der Waals surface area contributed by atoms with Crippen LogP contribution in [0.1, 0.15) is 38.0 Å². The summed E-state index contributed by atoms with van der Waals surface area (Å²) < 4.78 is 5.44. The molecule has 0 atom stereocenters. The van der Waals surface area contributed by atoms with E-state index in [0.29, 0.717) is 0 Å². The van der Waals surface area contributed by atoms with Crippen molar-refractivity contribution in [2.75, 3.05) is 6.54 Å². The van der Waals surface area contributed by atoms with Gasteiger partial charge in [-0.2, -0.15) is 0 Å². The summed E-state index contributed by atoms with van der Waals surface area (Å²) in [4.78, 5) is 0. The monoisotopic (exact) mass is 234 g/mol. The van der Waals surface area contributed by atoms with Crippen molar-refractivity contribution >= 4 is 0 Å². The Morgan fingerprint density at radius 1 is 1.29 bits per heavy atom. The predicted molar refractivity (Wildman–Crippen MR) is 71.7 cm³/mol. The van der Waals surface area contributed by atoms with Gasteiger partial charge in [0.05, 0.1) is 12.8 Å². The number of furan rings is 1. The Labute approximate surface area is 104 Å². The third-order valence-electron chi connectivity index (χ3n) is 2.76. The molecule has 0 saturated heterocycles. The molecule has 94 valence electrons. The zero-order chi connectivity index (χ0) is 12.7. The van der Waals surface area contributed by atoms with E-state index in [-0.39, 0.29) is 0 Å². The number of quaternary nitrogens is 1. The summed E-state index contributed by atoms with van der Waals surface area (Å²) in [5, 5.41) is 0. The van der Waals surface area contributed by atoms with Gasteiger partial charge in [0, 0.05) is 6.42 Å². The minimum Gasteiger partial charge on any atom is -0.469 e. The molecule has 2 nitrogen and oxygen atoms in total. The summed E-state index contributed by atoms with van der Waals surface area (Å²) in [6.07, 6.45) is 9.46. The van der Waals surface area contributed by atoms with Crippen LogP contribution >= 0.6 is 0 Å². The van der Waals surface area contributed by atoms with E-state index in [1.165, 1.54) is 16.7 Å². The molecule has 0 amide bonds. The topological polar surface area (TPSA) is 40.8 Å². The molecule has 1 heterocycles. The fourth-order valence-corrected chi connectivity index (χ4v) is 1.82. The first kappa shape index (κ1) is 13.8. The van der Waals surface area contributed by atoms with E-state index in [4.69, 9.17) is 4.42 Å². The van der Waals surface area contributed by atoms with Crippen LogP contribution in [0.2, 0.25) is 0 Å². The Bertz CT molecular complexity index is 399. The lowest BCUT2D eigenvalue weighted by molar-refractivity contribution is -0.352. The zero-order valence-electron chi connectivity index (χ0n) is 11.3.